The van der Waals surface area contributed by atoms with Crippen molar-refractivity contribution in [2.75, 3.05) is 0 Å². The Labute approximate surface area is 149 Å². The van der Waals surface area contributed by atoms with Gasteiger partial charge in [-0.1, -0.05) is 57.2 Å². The second-order valence-electron chi connectivity index (χ2n) is 7.37. The average molecular weight is 330 g/mol. The summed E-state index contributed by atoms with van der Waals surface area (Å²) in [5.74, 6) is 0.356. The maximum absolute atomic E-state index is 3.49. The molecule has 2 aromatic carbocycles. The Bertz CT molecular complexity index is 927. The van der Waals surface area contributed by atoms with Gasteiger partial charge >= 0.3 is 0 Å². The van der Waals surface area contributed by atoms with E-state index in [0.717, 1.165) is 12.8 Å². The summed E-state index contributed by atoms with van der Waals surface area (Å²) in [5.41, 5.74) is 5.46. The molecule has 2 heterocycles. The Morgan fingerprint density at radius 3 is 1.64 bits per heavy atom. The average Bonchev–Trinajstić information content (AvgIpc) is 3.27. The Kier molecular flexibility index (Phi) is 3.91. The molecule has 25 heavy (non-hydrogen) atoms. The van der Waals surface area contributed by atoms with Crippen LogP contribution >= 0.6 is 0 Å². The third kappa shape index (κ3) is 2.48. The molecule has 2 nitrogen and oxygen atoms in total. The summed E-state index contributed by atoms with van der Waals surface area (Å²) in [6.45, 7) is 7.07. The van der Waals surface area contributed by atoms with Crippen LogP contribution in [0.3, 0.4) is 0 Å². The van der Waals surface area contributed by atoms with Crippen molar-refractivity contribution < 1.29 is 0 Å². The van der Waals surface area contributed by atoms with Crippen molar-refractivity contribution in [2.24, 2.45) is 5.41 Å². The second-order valence-corrected chi connectivity index (χ2v) is 7.37. The van der Waals surface area contributed by atoms with Gasteiger partial charge in [-0.05, 0) is 41.5 Å². The van der Waals surface area contributed by atoms with E-state index in [-0.39, 0.29) is 5.41 Å². The fourth-order valence-electron chi connectivity index (χ4n) is 4.24. The zero-order valence-corrected chi connectivity index (χ0v) is 15.3. The predicted octanol–water partition coefficient (Wildman–Crippen LogP) is 6.61. The lowest BCUT2D eigenvalue weighted by Crippen LogP contribution is -2.25. The summed E-state index contributed by atoms with van der Waals surface area (Å²) in [6.07, 6.45) is 6.74. The Hall–Kier alpha value is -2.48. The Morgan fingerprint density at radius 1 is 0.760 bits per heavy atom. The van der Waals surface area contributed by atoms with Gasteiger partial charge < -0.3 is 9.97 Å². The second kappa shape index (κ2) is 6.11. The van der Waals surface area contributed by atoms with Crippen molar-refractivity contribution in [2.45, 2.75) is 39.5 Å². The van der Waals surface area contributed by atoms with Gasteiger partial charge in [0, 0.05) is 40.1 Å². The van der Waals surface area contributed by atoms with Crippen LogP contribution in [0.5, 0.6) is 0 Å². The molecular formula is C23H26N2. The SMILES string of the molecule is CCC(C)(CC)C(c1c[nH]c2ccccc12)c1c[nH]c2ccccc12. The van der Waals surface area contributed by atoms with Crippen molar-refractivity contribution in [3.63, 3.8) is 0 Å². The zero-order valence-electron chi connectivity index (χ0n) is 15.3. The molecule has 0 aliphatic heterocycles. The van der Waals surface area contributed by atoms with E-state index < -0.39 is 0 Å². The number of para-hydroxylation sites is 2. The maximum Gasteiger partial charge on any atom is 0.0457 e. The number of aromatic nitrogens is 2. The molecule has 2 N–H and O–H groups in total. The number of fused-ring (bicyclic) bond motifs is 2. The number of nitrogens with one attached hydrogen (secondary N) is 2. The molecule has 0 fully saturated rings. The van der Waals surface area contributed by atoms with Gasteiger partial charge in [-0.2, -0.15) is 0 Å². The van der Waals surface area contributed by atoms with Crippen LogP contribution in [0.4, 0.5) is 0 Å². The third-order valence-electron chi connectivity index (χ3n) is 6.18. The van der Waals surface area contributed by atoms with Gasteiger partial charge in [0.25, 0.3) is 0 Å². The molecule has 0 saturated carbocycles. The van der Waals surface area contributed by atoms with E-state index in [4.69, 9.17) is 0 Å². The Balaban J connectivity index is 2.00. The highest BCUT2D eigenvalue weighted by molar-refractivity contribution is 5.88. The van der Waals surface area contributed by atoms with Crippen molar-refractivity contribution in [3.05, 3.63) is 72.1 Å². The summed E-state index contributed by atoms with van der Waals surface area (Å²) >= 11 is 0. The van der Waals surface area contributed by atoms with Crippen LogP contribution in [-0.2, 0) is 0 Å². The van der Waals surface area contributed by atoms with E-state index in [9.17, 15) is 0 Å². The summed E-state index contributed by atoms with van der Waals surface area (Å²) in [6, 6.07) is 17.3. The monoisotopic (exact) mass is 330 g/mol. The number of rotatable bonds is 5. The molecule has 0 radical (unpaired) electrons. The van der Waals surface area contributed by atoms with Crippen LogP contribution in [0.1, 0.15) is 50.7 Å². The van der Waals surface area contributed by atoms with E-state index in [1.54, 1.807) is 0 Å². The fraction of sp³-hybridized carbons (Fsp3) is 0.304. The number of hydrogen-bond donors (Lipinski definition) is 2. The van der Waals surface area contributed by atoms with E-state index in [1.807, 2.05) is 0 Å². The first kappa shape index (κ1) is 16.0. The minimum absolute atomic E-state index is 0.204. The maximum atomic E-state index is 3.49. The first-order chi connectivity index (χ1) is 12.2. The zero-order chi connectivity index (χ0) is 17.4. The van der Waals surface area contributed by atoms with Crippen molar-refractivity contribution in [1.82, 2.24) is 9.97 Å². The summed E-state index contributed by atoms with van der Waals surface area (Å²) in [4.78, 5) is 6.98. The van der Waals surface area contributed by atoms with Gasteiger partial charge in [0.05, 0.1) is 0 Å². The lowest BCUT2D eigenvalue weighted by Gasteiger charge is -2.36. The molecule has 0 aliphatic rings. The highest BCUT2D eigenvalue weighted by Crippen LogP contribution is 2.49. The lowest BCUT2D eigenvalue weighted by molar-refractivity contribution is 0.259. The van der Waals surface area contributed by atoms with Gasteiger partial charge in [0.1, 0.15) is 0 Å². The normalized spacial score (nSPS) is 12.5. The van der Waals surface area contributed by atoms with Crippen LogP contribution in [0.2, 0.25) is 0 Å². The topological polar surface area (TPSA) is 31.6 Å². The van der Waals surface area contributed by atoms with Gasteiger partial charge in [-0.15, -0.1) is 0 Å². The quantitative estimate of drug-likeness (QED) is 0.413. The van der Waals surface area contributed by atoms with E-state index in [0.29, 0.717) is 5.92 Å². The Morgan fingerprint density at radius 2 is 1.20 bits per heavy atom. The highest BCUT2D eigenvalue weighted by atomic mass is 14.7. The number of hydrogen-bond acceptors (Lipinski definition) is 0. The van der Waals surface area contributed by atoms with E-state index in [2.05, 4.69) is 91.7 Å². The van der Waals surface area contributed by atoms with Crippen LogP contribution in [0.25, 0.3) is 21.8 Å². The predicted molar refractivity (Wildman–Crippen MR) is 107 cm³/mol. The van der Waals surface area contributed by atoms with E-state index in [1.165, 1.54) is 32.9 Å². The molecule has 0 saturated heterocycles. The van der Waals surface area contributed by atoms with Gasteiger partial charge in [-0.25, -0.2) is 0 Å². The molecule has 2 aromatic heterocycles. The largest absolute Gasteiger partial charge is 0.361 e. The molecule has 4 rings (SSSR count). The molecule has 0 spiro atoms. The van der Waals surface area contributed by atoms with Crippen molar-refractivity contribution in [3.8, 4) is 0 Å². The number of aromatic amines is 2. The van der Waals surface area contributed by atoms with Gasteiger partial charge in [0.15, 0.2) is 0 Å². The standard InChI is InChI=1S/C23H26N2/c1-4-23(3,5-2)22(18-14-24-20-12-8-6-10-16(18)20)19-15-25-21-13-9-7-11-17(19)21/h6-15,22,24-25H,4-5H2,1-3H3. The molecule has 0 aliphatic carbocycles. The molecule has 0 amide bonds. The van der Waals surface area contributed by atoms with Gasteiger partial charge in [0.2, 0.25) is 0 Å². The molecule has 4 aromatic rings. The molecular weight excluding hydrogens is 304 g/mol. The van der Waals surface area contributed by atoms with Crippen molar-refractivity contribution >= 4 is 21.8 Å². The van der Waals surface area contributed by atoms with Crippen molar-refractivity contribution in [1.29, 1.82) is 0 Å². The molecule has 0 atom stereocenters. The molecule has 2 heteroatoms. The molecule has 0 bridgehead atoms. The lowest BCUT2D eigenvalue weighted by atomic mass is 9.67. The van der Waals surface area contributed by atoms with Crippen LogP contribution in [-0.4, -0.2) is 9.97 Å². The minimum atomic E-state index is 0.204. The summed E-state index contributed by atoms with van der Waals surface area (Å²) < 4.78 is 0. The third-order valence-corrected chi connectivity index (χ3v) is 6.18. The minimum Gasteiger partial charge on any atom is -0.361 e. The van der Waals surface area contributed by atoms with Gasteiger partial charge in [-0.3, -0.25) is 0 Å². The van der Waals surface area contributed by atoms with Crippen LogP contribution < -0.4 is 0 Å². The first-order valence-electron chi connectivity index (χ1n) is 9.30. The molecule has 128 valence electrons. The van der Waals surface area contributed by atoms with Crippen LogP contribution in [0, 0.1) is 5.41 Å². The van der Waals surface area contributed by atoms with E-state index >= 15 is 0 Å². The first-order valence-corrected chi connectivity index (χ1v) is 9.30. The summed E-state index contributed by atoms with van der Waals surface area (Å²) in [7, 11) is 0. The smallest absolute Gasteiger partial charge is 0.0457 e. The van der Waals surface area contributed by atoms with Crippen LogP contribution in [0.15, 0.2) is 60.9 Å². The number of H-pyrrole nitrogens is 2. The molecule has 0 unspecified atom stereocenters. The highest BCUT2D eigenvalue weighted by Gasteiger charge is 2.36. The number of benzene rings is 2. The fourth-order valence-corrected chi connectivity index (χ4v) is 4.24. The summed E-state index contributed by atoms with van der Waals surface area (Å²) in [5, 5.41) is 2.68.